The summed E-state index contributed by atoms with van der Waals surface area (Å²) in [7, 11) is 0. The summed E-state index contributed by atoms with van der Waals surface area (Å²) in [4.78, 5) is 25.3. The molecule has 0 aliphatic heterocycles. The highest BCUT2D eigenvalue weighted by Gasteiger charge is 2.11. The van der Waals surface area contributed by atoms with Gasteiger partial charge >= 0.3 is 0 Å². The molecule has 0 saturated carbocycles. The molecule has 0 radical (unpaired) electrons. The van der Waals surface area contributed by atoms with Crippen LogP contribution in [0.25, 0.3) is 5.95 Å². The third kappa shape index (κ3) is 3.03. The lowest BCUT2D eigenvalue weighted by atomic mass is 10.1. The normalized spacial score (nSPS) is 10.7. The second kappa shape index (κ2) is 6.23. The van der Waals surface area contributed by atoms with E-state index in [0.717, 1.165) is 22.5 Å². The number of nitrogens with one attached hydrogen (secondary N) is 1. The maximum Gasteiger partial charge on any atom is 0.256 e. The number of imidazole rings is 1. The van der Waals surface area contributed by atoms with E-state index in [1.807, 2.05) is 50.5 Å². The molecule has 1 amide bonds. The predicted molar refractivity (Wildman–Crippen MR) is 92.5 cm³/mol. The van der Waals surface area contributed by atoms with Crippen molar-refractivity contribution in [2.75, 3.05) is 5.32 Å². The fraction of sp³-hybridized carbons (Fsp3) is 0.222. The van der Waals surface area contributed by atoms with Crippen molar-refractivity contribution < 1.29 is 4.79 Å². The van der Waals surface area contributed by atoms with Crippen LogP contribution < -0.4 is 5.32 Å². The number of hydrogen-bond donors (Lipinski definition) is 1. The van der Waals surface area contributed by atoms with Crippen LogP contribution in [0.1, 0.15) is 32.9 Å². The van der Waals surface area contributed by atoms with Gasteiger partial charge in [-0.2, -0.15) is 0 Å². The number of aromatic nitrogens is 4. The Balaban J connectivity index is 1.80. The molecule has 6 heteroatoms. The first-order chi connectivity index (χ1) is 11.5. The third-order valence-corrected chi connectivity index (χ3v) is 4.00. The number of carbonyl (C=O) groups is 1. The highest BCUT2D eigenvalue weighted by Crippen LogP contribution is 2.15. The van der Waals surface area contributed by atoms with E-state index in [9.17, 15) is 4.79 Å². The van der Waals surface area contributed by atoms with Crippen LogP contribution in [0.15, 0.2) is 36.9 Å². The first kappa shape index (κ1) is 15.9. The van der Waals surface area contributed by atoms with Crippen molar-refractivity contribution in [1.29, 1.82) is 0 Å². The van der Waals surface area contributed by atoms with Crippen molar-refractivity contribution in [3.63, 3.8) is 0 Å². The molecule has 24 heavy (non-hydrogen) atoms. The predicted octanol–water partition coefficient (Wildman–Crippen LogP) is 3.15. The fourth-order valence-corrected chi connectivity index (χ4v) is 2.39. The molecule has 0 bridgehead atoms. The minimum atomic E-state index is -0.165. The number of rotatable bonds is 3. The summed E-state index contributed by atoms with van der Waals surface area (Å²) in [5.74, 6) is 0.361. The molecule has 0 atom stereocenters. The molecule has 3 rings (SSSR count). The topological polar surface area (TPSA) is 72.7 Å². The summed E-state index contributed by atoms with van der Waals surface area (Å²) in [6.45, 7) is 7.77. The Bertz CT molecular complexity index is 896. The van der Waals surface area contributed by atoms with Gasteiger partial charge in [0, 0.05) is 11.3 Å². The maximum atomic E-state index is 12.4. The zero-order valence-electron chi connectivity index (χ0n) is 14.2. The van der Waals surface area contributed by atoms with Gasteiger partial charge in [0.15, 0.2) is 0 Å². The summed E-state index contributed by atoms with van der Waals surface area (Å²) in [6.07, 6.45) is 4.88. The van der Waals surface area contributed by atoms with Gasteiger partial charge in [-0.25, -0.2) is 15.0 Å². The Morgan fingerprint density at radius 1 is 1.04 bits per heavy atom. The van der Waals surface area contributed by atoms with E-state index < -0.39 is 0 Å². The van der Waals surface area contributed by atoms with Crippen molar-refractivity contribution in [2.45, 2.75) is 27.7 Å². The van der Waals surface area contributed by atoms with Crippen LogP contribution in [-0.2, 0) is 0 Å². The van der Waals surface area contributed by atoms with Gasteiger partial charge in [-0.15, -0.1) is 0 Å². The highest BCUT2D eigenvalue weighted by molar-refractivity contribution is 6.05. The van der Waals surface area contributed by atoms with E-state index in [0.29, 0.717) is 17.2 Å². The van der Waals surface area contributed by atoms with Crippen LogP contribution in [0.3, 0.4) is 0 Å². The number of hydrogen-bond acceptors (Lipinski definition) is 4. The first-order valence-corrected chi connectivity index (χ1v) is 7.67. The molecule has 3 aromatic rings. The van der Waals surface area contributed by atoms with Crippen LogP contribution in [-0.4, -0.2) is 25.4 Å². The van der Waals surface area contributed by atoms with Crippen molar-refractivity contribution in [3.05, 3.63) is 65.0 Å². The van der Waals surface area contributed by atoms with Gasteiger partial charge in [-0.05, 0) is 39.3 Å². The van der Waals surface area contributed by atoms with Crippen LogP contribution in [0.4, 0.5) is 5.69 Å². The molecule has 0 fully saturated rings. The minimum Gasteiger partial charge on any atom is -0.319 e. The average Bonchev–Trinajstić information content (AvgIpc) is 2.90. The van der Waals surface area contributed by atoms with Crippen LogP contribution >= 0.6 is 0 Å². The van der Waals surface area contributed by atoms with E-state index in [2.05, 4.69) is 20.3 Å². The van der Waals surface area contributed by atoms with Crippen molar-refractivity contribution in [3.8, 4) is 5.95 Å². The number of aryl methyl sites for hydroxylation is 3. The van der Waals surface area contributed by atoms with Crippen molar-refractivity contribution in [2.24, 2.45) is 0 Å². The zero-order chi connectivity index (χ0) is 17.3. The Kier molecular flexibility index (Phi) is 4.12. The van der Waals surface area contributed by atoms with Gasteiger partial charge in [0.2, 0.25) is 5.95 Å². The second-order valence-electron chi connectivity index (χ2n) is 5.83. The molecule has 0 saturated heterocycles. The SMILES string of the molecule is Cc1ccc(C)c(C(=O)Nc2cnc(-n3cnc(C)c3C)nc2)c1. The van der Waals surface area contributed by atoms with Crippen molar-refractivity contribution >= 4 is 11.6 Å². The molecule has 122 valence electrons. The lowest BCUT2D eigenvalue weighted by Gasteiger charge is -2.09. The second-order valence-corrected chi connectivity index (χ2v) is 5.83. The molecule has 0 aliphatic carbocycles. The van der Waals surface area contributed by atoms with Crippen LogP contribution in [0, 0.1) is 27.7 Å². The smallest absolute Gasteiger partial charge is 0.256 e. The molecule has 0 aliphatic rings. The Hall–Kier alpha value is -3.02. The molecule has 2 aromatic heterocycles. The number of amides is 1. The monoisotopic (exact) mass is 321 g/mol. The Labute approximate surface area is 140 Å². The third-order valence-electron chi connectivity index (χ3n) is 4.00. The van der Waals surface area contributed by atoms with Gasteiger partial charge < -0.3 is 5.32 Å². The maximum absolute atomic E-state index is 12.4. The van der Waals surface area contributed by atoms with Gasteiger partial charge in [-0.1, -0.05) is 17.7 Å². The van der Waals surface area contributed by atoms with Gasteiger partial charge in [0.1, 0.15) is 6.33 Å². The first-order valence-electron chi connectivity index (χ1n) is 7.67. The van der Waals surface area contributed by atoms with Gasteiger partial charge in [0.05, 0.1) is 23.8 Å². The molecule has 6 nitrogen and oxygen atoms in total. The van der Waals surface area contributed by atoms with E-state index >= 15 is 0 Å². The van der Waals surface area contributed by atoms with E-state index in [-0.39, 0.29) is 5.91 Å². The lowest BCUT2D eigenvalue weighted by Crippen LogP contribution is -2.14. The van der Waals surface area contributed by atoms with Crippen molar-refractivity contribution in [1.82, 2.24) is 19.5 Å². The summed E-state index contributed by atoms with van der Waals surface area (Å²) in [5.41, 5.74) is 5.11. The number of carbonyl (C=O) groups excluding carboxylic acids is 1. The molecular weight excluding hydrogens is 302 g/mol. The van der Waals surface area contributed by atoms with E-state index in [1.54, 1.807) is 18.7 Å². The quantitative estimate of drug-likeness (QED) is 0.804. The van der Waals surface area contributed by atoms with Gasteiger partial charge in [0.25, 0.3) is 5.91 Å². The minimum absolute atomic E-state index is 0.165. The molecule has 0 spiro atoms. The Morgan fingerprint density at radius 2 is 1.75 bits per heavy atom. The molecule has 2 heterocycles. The fourth-order valence-electron chi connectivity index (χ4n) is 2.39. The summed E-state index contributed by atoms with van der Waals surface area (Å²) in [6, 6.07) is 5.80. The number of nitrogens with zero attached hydrogens (tertiary/aromatic N) is 4. The number of anilines is 1. The van der Waals surface area contributed by atoms with E-state index in [4.69, 9.17) is 0 Å². The highest BCUT2D eigenvalue weighted by atomic mass is 16.1. The molecule has 1 aromatic carbocycles. The Morgan fingerprint density at radius 3 is 2.38 bits per heavy atom. The van der Waals surface area contributed by atoms with E-state index in [1.165, 1.54) is 0 Å². The molecule has 1 N–H and O–H groups in total. The average molecular weight is 321 g/mol. The summed E-state index contributed by atoms with van der Waals surface area (Å²) in [5, 5.41) is 2.84. The number of benzene rings is 1. The molecular formula is C18H19N5O. The van der Waals surface area contributed by atoms with Gasteiger partial charge in [-0.3, -0.25) is 9.36 Å². The van der Waals surface area contributed by atoms with Crippen LogP contribution in [0.2, 0.25) is 0 Å². The van der Waals surface area contributed by atoms with Crippen LogP contribution in [0.5, 0.6) is 0 Å². The summed E-state index contributed by atoms with van der Waals surface area (Å²) < 4.78 is 1.81. The zero-order valence-corrected chi connectivity index (χ0v) is 14.2. The largest absolute Gasteiger partial charge is 0.319 e. The molecule has 0 unspecified atom stereocenters. The lowest BCUT2D eigenvalue weighted by molar-refractivity contribution is 0.102. The standard InChI is InChI=1S/C18H19N5O/c1-11-5-6-12(2)16(7-11)17(24)22-15-8-19-18(20-9-15)23-10-21-13(3)14(23)4/h5-10H,1-4H3,(H,22,24). The summed E-state index contributed by atoms with van der Waals surface area (Å²) >= 11 is 0.